The molecular formula is C18H17ClN2O3S. The van der Waals surface area contributed by atoms with Crippen molar-refractivity contribution in [2.75, 3.05) is 12.4 Å². The van der Waals surface area contributed by atoms with Gasteiger partial charge in [-0.15, -0.1) is 0 Å². The molecule has 0 aliphatic heterocycles. The minimum absolute atomic E-state index is 0.199. The summed E-state index contributed by atoms with van der Waals surface area (Å²) < 4.78 is 22.9. The van der Waals surface area contributed by atoms with Crippen molar-refractivity contribution in [3.63, 3.8) is 0 Å². The van der Waals surface area contributed by atoms with E-state index in [1.54, 1.807) is 12.1 Å². The van der Waals surface area contributed by atoms with E-state index in [1.807, 2.05) is 43.3 Å². The van der Waals surface area contributed by atoms with Crippen molar-refractivity contribution < 1.29 is 13.5 Å². The van der Waals surface area contributed by atoms with E-state index in [-0.39, 0.29) is 5.75 Å². The molecule has 0 N–H and O–H groups in total. The summed E-state index contributed by atoms with van der Waals surface area (Å²) in [7, 11) is -1.14. The summed E-state index contributed by atoms with van der Waals surface area (Å²) in [4.78, 5) is 4.27. The Morgan fingerprint density at radius 1 is 1.20 bits per heavy atom. The Balaban J connectivity index is 1.51. The Labute approximate surface area is 153 Å². The molecule has 130 valence electrons. The average molecular weight is 377 g/mol. The molecule has 1 heterocycles. The number of nitrogens with zero attached hydrogens (tertiary/aromatic N) is 2. The predicted octanol–water partition coefficient (Wildman–Crippen LogP) is 4.03. The molecule has 25 heavy (non-hydrogen) atoms. The van der Waals surface area contributed by atoms with E-state index in [2.05, 4.69) is 10.1 Å². The fourth-order valence-electron chi connectivity index (χ4n) is 2.23. The van der Waals surface area contributed by atoms with Crippen LogP contribution >= 0.6 is 11.6 Å². The molecule has 0 aliphatic carbocycles. The second kappa shape index (κ2) is 8.27. The first kappa shape index (κ1) is 17.6. The number of halogens is 1. The van der Waals surface area contributed by atoms with Crippen LogP contribution in [0.2, 0.25) is 5.02 Å². The lowest BCUT2D eigenvalue weighted by atomic mass is 10.2. The summed E-state index contributed by atoms with van der Waals surface area (Å²) in [5.41, 5.74) is 1.88. The number of ether oxygens (including phenoxy) is 1. The second-order valence-corrected chi connectivity index (χ2v) is 7.49. The smallest absolute Gasteiger partial charge is 0.239 e. The molecule has 0 saturated heterocycles. The SMILES string of the molecule is Cc1cccc(OCC[S@](=O)Cc2nc(-c3cccc(Cl)c3)no2)c1. The summed E-state index contributed by atoms with van der Waals surface area (Å²) in [5.74, 6) is 2.14. The van der Waals surface area contributed by atoms with Crippen LogP contribution in [0.4, 0.5) is 0 Å². The van der Waals surface area contributed by atoms with E-state index in [1.165, 1.54) is 0 Å². The van der Waals surface area contributed by atoms with Gasteiger partial charge in [-0.2, -0.15) is 4.98 Å². The van der Waals surface area contributed by atoms with Crippen molar-refractivity contribution in [3.05, 3.63) is 65.0 Å². The highest BCUT2D eigenvalue weighted by atomic mass is 35.5. The third-order valence-corrected chi connectivity index (χ3v) is 4.83. The zero-order valence-electron chi connectivity index (χ0n) is 13.6. The Morgan fingerprint density at radius 2 is 2.04 bits per heavy atom. The van der Waals surface area contributed by atoms with E-state index < -0.39 is 10.8 Å². The highest BCUT2D eigenvalue weighted by Gasteiger charge is 2.12. The number of benzene rings is 2. The Morgan fingerprint density at radius 3 is 2.84 bits per heavy atom. The Kier molecular flexibility index (Phi) is 5.83. The summed E-state index contributed by atoms with van der Waals surface area (Å²) in [6, 6.07) is 14.9. The molecule has 2 aromatic carbocycles. The van der Waals surface area contributed by atoms with Crippen molar-refractivity contribution in [2.45, 2.75) is 12.7 Å². The van der Waals surface area contributed by atoms with Gasteiger partial charge in [0.05, 0.1) is 12.4 Å². The molecule has 1 aromatic heterocycles. The minimum atomic E-state index is -1.14. The standard InChI is InChI=1S/C18H17ClN2O3S/c1-13-4-2-7-16(10-13)23-8-9-25(22)12-17-20-18(21-24-17)14-5-3-6-15(19)11-14/h2-7,10-11H,8-9,12H2,1H3/t25-/m0/s1. The minimum Gasteiger partial charge on any atom is -0.493 e. The van der Waals surface area contributed by atoms with E-state index in [0.717, 1.165) is 16.9 Å². The molecule has 3 aromatic rings. The summed E-state index contributed by atoms with van der Waals surface area (Å²) in [5, 5.41) is 4.51. The molecule has 0 amide bonds. The Hall–Kier alpha value is -2.18. The maximum absolute atomic E-state index is 12.2. The van der Waals surface area contributed by atoms with Crippen molar-refractivity contribution in [1.82, 2.24) is 10.1 Å². The molecule has 3 rings (SSSR count). The van der Waals surface area contributed by atoms with Gasteiger partial charge in [-0.3, -0.25) is 4.21 Å². The van der Waals surface area contributed by atoms with Crippen molar-refractivity contribution in [1.29, 1.82) is 0 Å². The Bertz CT molecular complexity index is 882. The van der Waals surface area contributed by atoms with Gasteiger partial charge in [-0.25, -0.2) is 0 Å². The van der Waals surface area contributed by atoms with Gasteiger partial charge in [0.15, 0.2) is 0 Å². The van der Waals surface area contributed by atoms with Crippen LogP contribution in [0, 0.1) is 6.92 Å². The van der Waals surface area contributed by atoms with Gasteiger partial charge in [-0.1, -0.05) is 41.0 Å². The summed E-state index contributed by atoms with van der Waals surface area (Å²) >= 11 is 5.95. The van der Waals surface area contributed by atoms with E-state index in [4.69, 9.17) is 20.9 Å². The number of hydrogen-bond acceptors (Lipinski definition) is 5. The van der Waals surface area contributed by atoms with E-state index >= 15 is 0 Å². The van der Waals surface area contributed by atoms with Crippen LogP contribution in [0.1, 0.15) is 11.5 Å². The fourth-order valence-corrected chi connectivity index (χ4v) is 3.22. The lowest BCUT2D eigenvalue weighted by molar-refractivity contribution is 0.342. The topological polar surface area (TPSA) is 65.2 Å². The van der Waals surface area contributed by atoms with Crippen LogP contribution < -0.4 is 4.74 Å². The van der Waals surface area contributed by atoms with E-state index in [9.17, 15) is 4.21 Å². The van der Waals surface area contributed by atoms with Crippen LogP contribution in [-0.4, -0.2) is 26.7 Å². The maximum Gasteiger partial charge on any atom is 0.239 e. The van der Waals surface area contributed by atoms with Gasteiger partial charge in [0.1, 0.15) is 11.5 Å². The number of aryl methyl sites for hydroxylation is 1. The fraction of sp³-hybridized carbons (Fsp3) is 0.222. The summed E-state index contributed by atoms with van der Waals surface area (Å²) in [6.07, 6.45) is 0. The first-order valence-corrected chi connectivity index (χ1v) is 9.60. The van der Waals surface area contributed by atoms with Gasteiger partial charge in [-0.05, 0) is 36.8 Å². The van der Waals surface area contributed by atoms with Crippen molar-refractivity contribution >= 4 is 22.4 Å². The number of rotatable bonds is 7. The molecule has 0 spiro atoms. The van der Waals surface area contributed by atoms with Crippen LogP contribution in [0.15, 0.2) is 53.1 Å². The van der Waals surface area contributed by atoms with Gasteiger partial charge in [0, 0.05) is 21.4 Å². The molecular weight excluding hydrogens is 360 g/mol. The highest BCUT2D eigenvalue weighted by Crippen LogP contribution is 2.20. The molecule has 0 saturated carbocycles. The number of hydrogen-bond donors (Lipinski definition) is 0. The lowest BCUT2D eigenvalue weighted by Crippen LogP contribution is -2.10. The largest absolute Gasteiger partial charge is 0.493 e. The van der Waals surface area contributed by atoms with Crippen LogP contribution in [0.3, 0.4) is 0 Å². The van der Waals surface area contributed by atoms with Crippen LogP contribution in [-0.2, 0) is 16.6 Å². The lowest BCUT2D eigenvalue weighted by Gasteiger charge is -2.06. The van der Waals surface area contributed by atoms with Gasteiger partial charge in [0.2, 0.25) is 11.7 Å². The van der Waals surface area contributed by atoms with Crippen LogP contribution in [0.25, 0.3) is 11.4 Å². The predicted molar refractivity (Wildman–Crippen MR) is 98.1 cm³/mol. The average Bonchev–Trinajstić information content (AvgIpc) is 3.03. The third-order valence-electron chi connectivity index (χ3n) is 3.40. The van der Waals surface area contributed by atoms with Gasteiger partial charge in [0.25, 0.3) is 0 Å². The molecule has 0 bridgehead atoms. The molecule has 0 aliphatic rings. The molecule has 7 heteroatoms. The number of aromatic nitrogens is 2. The summed E-state index contributed by atoms with van der Waals surface area (Å²) in [6.45, 7) is 2.36. The van der Waals surface area contributed by atoms with Gasteiger partial charge >= 0.3 is 0 Å². The quantitative estimate of drug-likeness (QED) is 0.623. The van der Waals surface area contributed by atoms with Crippen molar-refractivity contribution in [3.8, 4) is 17.1 Å². The molecule has 0 fully saturated rings. The normalized spacial score (nSPS) is 12.1. The molecule has 0 unspecified atom stereocenters. The zero-order chi connectivity index (χ0) is 17.6. The third kappa shape index (κ3) is 5.14. The maximum atomic E-state index is 12.2. The van der Waals surface area contributed by atoms with Gasteiger partial charge < -0.3 is 9.26 Å². The first-order valence-electron chi connectivity index (χ1n) is 7.73. The molecule has 5 nitrogen and oxygen atoms in total. The van der Waals surface area contributed by atoms with Crippen molar-refractivity contribution in [2.24, 2.45) is 0 Å². The molecule has 0 radical (unpaired) electrons. The second-order valence-electron chi connectivity index (χ2n) is 5.48. The monoisotopic (exact) mass is 376 g/mol. The highest BCUT2D eigenvalue weighted by molar-refractivity contribution is 7.84. The molecule has 1 atom stereocenters. The van der Waals surface area contributed by atoms with Crippen LogP contribution in [0.5, 0.6) is 5.75 Å². The van der Waals surface area contributed by atoms with E-state index in [0.29, 0.717) is 29.1 Å². The zero-order valence-corrected chi connectivity index (χ0v) is 15.2. The first-order chi connectivity index (χ1) is 12.1.